The van der Waals surface area contributed by atoms with E-state index in [1.165, 1.54) is 24.0 Å². The van der Waals surface area contributed by atoms with Gasteiger partial charge >= 0.3 is 6.03 Å². The normalized spacial score (nSPS) is 13.1. The van der Waals surface area contributed by atoms with Crippen LogP contribution in [0.3, 0.4) is 0 Å². The summed E-state index contributed by atoms with van der Waals surface area (Å²) >= 11 is 1.28. The van der Waals surface area contributed by atoms with E-state index in [0.29, 0.717) is 29.4 Å². The number of benzene rings is 1. The van der Waals surface area contributed by atoms with Gasteiger partial charge in [0, 0.05) is 24.1 Å². The third-order valence-electron chi connectivity index (χ3n) is 3.58. The Labute approximate surface area is 159 Å². The lowest BCUT2D eigenvalue weighted by Crippen LogP contribution is -2.30. The first-order valence-electron chi connectivity index (χ1n) is 8.21. The molecule has 3 rings (SSSR count). The molecule has 2 amide bonds. The molecule has 0 saturated carbocycles. The highest BCUT2D eigenvalue weighted by molar-refractivity contribution is 8.04. The van der Waals surface area contributed by atoms with E-state index in [2.05, 4.69) is 15.8 Å². The summed E-state index contributed by atoms with van der Waals surface area (Å²) < 4.78 is 10.1. The summed E-state index contributed by atoms with van der Waals surface area (Å²) in [5, 5.41) is 8.75. The Morgan fingerprint density at radius 1 is 1.22 bits per heavy atom. The maximum atomic E-state index is 12.2. The molecule has 1 aromatic carbocycles. The average Bonchev–Trinajstić information content (AvgIpc) is 3.16. The molecule has 1 heterocycles. The molecule has 1 aromatic heterocycles. The third-order valence-corrected chi connectivity index (χ3v) is 4.69. The first kappa shape index (κ1) is 18.9. The first-order valence-corrected chi connectivity index (χ1v) is 9.19. The zero-order chi connectivity index (χ0) is 19.1. The molecule has 0 spiro atoms. The molecule has 27 heavy (non-hydrogen) atoms. The van der Waals surface area contributed by atoms with Crippen molar-refractivity contribution in [3.8, 4) is 0 Å². The molecule has 9 heteroatoms. The number of nitrogens with zero attached hydrogens (tertiary/aromatic N) is 1. The molecule has 0 radical (unpaired) electrons. The van der Waals surface area contributed by atoms with Crippen LogP contribution in [0.15, 0.2) is 52.0 Å². The monoisotopic (exact) mass is 387 g/mol. The zero-order valence-electron chi connectivity index (χ0n) is 14.3. The second-order valence-electron chi connectivity index (χ2n) is 5.52. The lowest BCUT2D eigenvalue weighted by molar-refractivity contribution is 0.0967. The highest BCUT2D eigenvalue weighted by Gasteiger charge is 2.29. The van der Waals surface area contributed by atoms with Gasteiger partial charge in [0.05, 0.1) is 16.7 Å². The number of carbonyl (C=O) groups is 3. The molecule has 2 N–H and O–H groups in total. The Bertz CT molecular complexity index is 863. The van der Waals surface area contributed by atoms with Crippen molar-refractivity contribution in [1.29, 1.82) is 0 Å². The van der Waals surface area contributed by atoms with E-state index in [-0.39, 0.29) is 35.7 Å². The van der Waals surface area contributed by atoms with Gasteiger partial charge in [-0.1, -0.05) is 23.4 Å². The highest BCUT2D eigenvalue weighted by atomic mass is 32.2. The number of allylic oxidation sites excluding steroid dienone is 2. The highest BCUT2D eigenvalue weighted by Crippen LogP contribution is 2.28. The van der Waals surface area contributed by atoms with Gasteiger partial charge in [0.25, 0.3) is 0 Å². The lowest BCUT2D eigenvalue weighted by atomic mass is 10.0. The SMILES string of the molecule is O=C(NCOCCCSC1=CC(=O)c2oncc2C1=O)Nc1ccccc1. The van der Waals surface area contributed by atoms with Gasteiger partial charge < -0.3 is 19.9 Å². The van der Waals surface area contributed by atoms with Crippen LogP contribution in [0.5, 0.6) is 0 Å². The lowest BCUT2D eigenvalue weighted by Gasteiger charge is -2.10. The fourth-order valence-electron chi connectivity index (χ4n) is 2.30. The standard InChI is InChI=1S/C18H17N3O5S/c22-14-9-15(16(23)13-10-20-26-17(13)14)27-8-4-7-25-11-19-18(24)21-12-5-2-1-3-6-12/h1-3,5-6,9-10H,4,7-8,11H2,(H2,19,21,24). The number of aromatic nitrogens is 1. The second-order valence-corrected chi connectivity index (χ2v) is 6.66. The smallest absolute Gasteiger partial charge is 0.321 e. The molecule has 1 aliphatic rings. The van der Waals surface area contributed by atoms with E-state index in [9.17, 15) is 14.4 Å². The summed E-state index contributed by atoms with van der Waals surface area (Å²) in [5.41, 5.74) is 0.900. The van der Waals surface area contributed by atoms with Crippen molar-refractivity contribution in [1.82, 2.24) is 10.5 Å². The second kappa shape index (κ2) is 9.15. The van der Waals surface area contributed by atoms with Crippen molar-refractivity contribution >= 4 is 35.0 Å². The molecule has 0 bridgehead atoms. The van der Waals surface area contributed by atoms with Crippen molar-refractivity contribution in [2.45, 2.75) is 6.42 Å². The predicted molar refractivity (Wildman–Crippen MR) is 99.7 cm³/mol. The van der Waals surface area contributed by atoms with E-state index in [1.807, 2.05) is 18.2 Å². The van der Waals surface area contributed by atoms with Crippen LogP contribution in [-0.4, -0.2) is 41.8 Å². The van der Waals surface area contributed by atoms with Crippen molar-refractivity contribution < 1.29 is 23.6 Å². The van der Waals surface area contributed by atoms with Gasteiger partial charge in [0.1, 0.15) is 6.73 Å². The number of nitrogens with one attached hydrogen (secondary N) is 2. The van der Waals surface area contributed by atoms with Crippen LogP contribution in [0, 0.1) is 0 Å². The van der Waals surface area contributed by atoms with Gasteiger partial charge in [0.15, 0.2) is 0 Å². The quantitative estimate of drug-likeness (QED) is 0.529. The Hall–Kier alpha value is -2.91. The van der Waals surface area contributed by atoms with Crippen molar-refractivity contribution in [2.75, 3.05) is 24.4 Å². The van der Waals surface area contributed by atoms with Crippen LogP contribution >= 0.6 is 11.8 Å². The van der Waals surface area contributed by atoms with E-state index in [4.69, 9.17) is 9.26 Å². The number of hydrogen-bond acceptors (Lipinski definition) is 7. The largest absolute Gasteiger partial charge is 0.361 e. The predicted octanol–water partition coefficient (Wildman–Crippen LogP) is 2.86. The zero-order valence-corrected chi connectivity index (χ0v) is 15.1. The topological polar surface area (TPSA) is 111 Å². The van der Waals surface area contributed by atoms with Gasteiger partial charge in [-0.3, -0.25) is 9.59 Å². The summed E-state index contributed by atoms with van der Waals surface area (Å²) in [6.07, 6.45) is 3.19. The molecular formula is C18H17N3O5S. The molecule has 0 saturated heterocycles. The van der Waals surface area contributed by atoms with Gasteiger partial charge in [-0.25, -0.2) is 4.79 Å². The summed E-state index contributed by atoms with van der Waals surface area (Å²) in [5.74, 6) is -0.0140. The van der Waals surface area contributed by atoms with E-state index in [0.717, 1.165) is 0 Å². The Morgan fingerprint density at radius 3 is 2.85 bits per heavy atom. The van der Waals surface area contributed by atoms with Crippen LogP contribution in [-0.2, 0) is 4.74 Å². The Balaban J connectivity index is 1.29. The van der Waals surface area contributed by atoms with Gasteiger partial charge in [-0.05, 0) is 18.6 Å². The molecule has 2 aromatic rings. The molecular weight excluding hydrogens is 370 g/mol. The Morgan fingerprint density at radius 2 is 2.04 bits per heavy atom. The number of amides is 2. The fourth-order valence-corrected chi connectivity index (χ4v) is 3.21. The van der Waals surface area contributed by atoms with Crippen molar-refractivity contribution in [3.05, 3.63) is 58.8 Å². The minimum atomic E-state index is -0.352. The summed E-state index contributed by atoms with van der Waals surface area (Å²) in [6, 6.07) is 8.73. The average molecular weight is 387 g/mol. The van der Waals surface area contributed by atoms with Crippen molar-refractivity contribution in [3.63, 3.8) is 0 Å². The summed E-state index contributed by atoms with van der Waals surface area (Å²) in [7, 11) is 0. The van der Waals surface area contributed by atoms with Crippen molar-refractivity contribution in [2.24, 2.45) is 0 Å². The number of hydrogen-bond donors (Lipinski definition) is 2. The minimum Gasteiger partial charge on any atom is -0.361 e. The number of ketones is 2. The van der Waals surface area contributed by atoms with E-state index >= 15 is 0 Å². The number of Topliss-reactive ketones (excluding diaryl/α,β-unsaturated/α-hetero) is 1. The van der Waals surface area contributed by atoms with Gasteiger partial charge in [0.2, 0.25) is 17.3 Å². The molecule has 8 nitrogen and oxygen atoms in total. The van der Waals surface area contributed by atoms with Gasteiger partial charge in [-0.15, -0.1) is 11.8 Å². The van der Waals surface area contributed by atoms with Crippen LogP contribution < -0.4 is 10.6 Å². The Kier molecular flexibility index (Phi) is 6.39. The number of carbonyl (C=O) groups excluding carboxylic acids is 3. The number of urea groups is 1. The number of rotatable bonds is 8. The first-order chi connectivity index (χ1) is 13.1. The minimum absolute atomic E-state index is 0.00691. The number of anilines is 1. The van der Waals surface area contributed by atoms with Crippen LogP contribution in [0.4, 0.5) is 10.5 Å². The third kappa shape index (κ3) is 5.05. The molecule has 1 aliphatic carbocycles. The maximum Gasteiger partial charge on any atom is 0.321 e. The molecule has 0 atom stereocenters. The fraction of sp³-hybridized carbons (Fsp3) is 0.222. The molecule has 0 fully saturated rings. The summed E-state index contributed by atoms with van der Waals surface area (Å²) in [4.78, 5) is 36.0. The van der Waals surface area contributed by atoms with Gasteiger partial charge in [-0.2, -0.15) is 0 Å². The van der Waals surface area contributed by atoms with E-state index in [1.54, 1.807) is 12.1 Å². The van der Waals surface area contributed by atoms with Crippen LogP contribution in [0.1, 0.15) is 27.3 Å². The van der Waals surface area contributed by atoms with E-state index < -0.39 is 0 Å². The molecule has 0 unspecified atom stereocenters. The molecule has 0 aliphatic heterocycles. The number of ether oxygens (including phenoxy) is 1. The molecule has 140 valence electrons. The maximum absolute atomic E-state index is 12.2. The van der Waals surface area contributed by atoms with Crippen LogP contribution in [0.25, 0.3) is 0 Å². The van der Waals surface area contributed by atoms with Crippen LogP contribution in [0.2, 0.25) is 0 Å². The number of para-hydroxylation sites is 1. The summed E-state index contributed by atoms with van der Waals surface area (Å²) in [6.45, 7) is 0.486. The number of thioether (sulfide) groups is 1. The number of fused-ring (bicyclic) bond motifs is 1.